The summed E-state index contributed by atoms with van der Waals surface area (Å²) in [4.78, 5) is 15.4. The van der Waals surface area contributed by atoms with Crippen LogP contribution in [0.1, 0.15) is 12.5 Å². The van der Waals surface area contributed by atoms with Gasteiger partial charge in [0.05, 0.1) is 6.21 Å². The van der Waals surface area contributed by atoms with E-state index in [1.165, 1.54) is 12.3 Å². The van der Waals surface area contributed by atoms with E-state index in [-0.39, 0.29) is 0 Å². The number of rotatable bonds is 2. The van der Waals surface area contributed by atoms with Crippen molar-refractivity contribution in [1.29, 1.82) is 0 Å². The highest BCUT2D eigenvalue weighted by Crippen LogP contribution is 2.27. The van der Waals surface area contributed by atoms with Crippen molar-refractivity contribution in [2.24, 2.45) is 5.16 Å². The van der Waals surface area contributed by atoms with Crippen LogP contribution in [-0.4, -0.2) is 12.2 Å². The van der Waals surface area contributed by atoms with Gasteiger partial charge in [0.25, 0.3) is 0 Å². The highest BCUT2D eigenvalue weighted by molar-refractivity contribution is 6.14. The average molecular weight is 263 g/mol. The first-order valence-corrected chi connectivity index (χ1v) is 6.37. The lowest BCUT2D eigenvalue weighted by Crippen LogP contribution is -1.93. The van der Waals surface area contributed by atoms with Crippen LogP contribution in [0, 0.1) is 0 Å². The topological polar surface area (TPSA) is 38.7 Å². The van der Waals surface area contributed by atoms with Crippen molar-refractivity contribution in [2.45, 2.75) is 6.92 Å². The molecule has 0 atom stereocenters. The Morgan fingerprint density at radius 2 is 1.65 bits per heavy atom. The van der Waals surface area contributed by atoms with Crippen molar-refractivity contribution >= 4 is 33.7 Å². The van der Waals surface area contributed by atoms with Crippen LogP contribution in [0.25, 0.3) is 21.5 Å². The normalized spacial score (nSPS) is 11.2. The smallest absolute Gasteiger partial charge is 0.319 e. The summed E-state index contributed by atoms with van der Waals surface area (Å²) >= 11 is 0. The molecule has 0 amide bonds. The summed E-state index contributed by atoms with van der Waals surface area (Å²) in [6.07, 6.45) is 1.58. The molecule has 3 nitrogen and oxygen atoms in total. The third-order valence-electron chi connectivity index (χ3n) is 3.17. The van der Waals surface area contributed by atoms with Gasteiger partial charge in [-0.3, -0.25) is 0 Å². The molecule has 0 spiro atoms. The standard InChI is InChI=1S/C17H13NO2/c1-12(19)20-18-11-14-10-13-6-2-3-7-15(13)17-9-5-4-8-16(14)17/h2-11H,1H3/b18-11+. The maximum absolute atomic E-state index is 10.8. The van der Waals surface area contributed by atoms with E-state index in [0.717, 1.165) is 21.7 Å². The van der Waals surface area contributed by atoms with Gasteiger partial charge in [-0.15, -0.1) is 0 Å². The van der Waals surface area contributed by atoms with E-state index in [0.29, 0.717) is 0 Å². The second-order valence-electron chi connectivity index (χ2n) is 4.55. The molecule has 0 heterocycles. The summed E-state index contributed by atoms with van der Waals surface area (Å²) in [5.41, 5.74) is 0.931. The van der Waals surface area contributed by atoms with Crippen molar-refractivity contribution in [3.8, 4) is 0 Å². The summed E-state index contributed by atoms with van der Waals surface area (Å²) in [5.74, 6) is -0.425. The maximum Gasteiger partial charge on any atom is 0.331 e. The van der Waals surface area contributed by atoms with Crippen LogP contribution < -0.4 is 0 Å². The van der Waals surface area contributed by atoms with Crippen LogP contribution >= 0.6 is 0 Å². The molecule has 3 heteroatoms. The highest BCUT2D eigenvalue weighted by atomic mass is 16.7. The molecule has 0 aliphatic rings. The van der Waals surface area contributed by atoms with E-state index in [1.807, 2.05) is 36.4 Å². The Morgan fingerprint density at radius 3 is 2.40 bits per heavy atom. The number of benzene rings is 3. The molecule has 98 valence electrons. The third-order valence-corrected chi connectivity index (χ3v) is 3.17. The molecule has 0 saturated carbocycles. The van der Waals surface area contributed by atoms with Crippen LogP contribution in [0.2, 0.25) is 0 Å². The Kier molecular flexibility index (Phi) is 3.17. The van der Waals surface area contributed by atoms with Crippen LogP contribution in [0.15, 0.2) is 59.8 Å². The fourth-order valence-electron chi connectivity index (χ4n) is 2.35. The quantitative estimate of drug-likeness (QED) is 0.304. The lowest BCUT2D eigenvalue weighted by molar-refractivity contribution is -0.140. The average Bonchev–Trinajstić information content (AvgIpc) is 2.47. The van der Waals surface area contributed by atoms with Gasteiger partial charge in [-0.1, -0.05) is 53.7 Å². The molecule has 0 radical (unpaired) electrons. The lowest BCUT2D eigenvalue weighted by Gasteiger charge is -2.07. The molecule has 0 aromatic heterocycles. The minimum atomic E-state index is -0.425. The van der Waals surface area contributed by atoms with Gasteiger partial charge in [-0.25, -0.2) is 4.79 Å². The molecule has 3 aromatic rings. The third kappa shape index (κ3) is 2.26. The van der Waals surface area contributed by atoms with Gasteiger partial charge in [0.2, 0.25) is 0 Å². The van der Waals surface area contributed by atoms with Gasteiger partial charge >= 0.3 is 5.97 Å². The molecule has 0 unspecified atom stereocenters. The first kappa shape index (κ1) is 12.4. The summed E-state index contributed by atoms with van der Waals surface area (Å²) in [5, 5.41) is 8.31. The predicted octanol–water partition coefficient (Wildman–Crippen LogP) is 3.89. The molecule has 0 saturated heterocycles. The first-order valence-electron chi connectivity index (χ1n) is 6.37. The molecular weight excluding hydrogens is 250 g/mol. The zero-order valence-electron chi connectivity index (χ0n) is 11.0. The van der Waals surface area contributed by atoms with Gasteiger partial charge in [0.15, 0.2) is 0 Å². The molecular formula is C17H13NO2. The molecule has 3 aromatic carbocycles. The van der Waals surface area contributed by atoms with Crippen molar-refractivity contribution in [2.75, 3.05) is 0 Å². The van der Waals surface area contributed by atoms with Crippen LogP contribution in [0.3, 0.4) is 0 Å². The molecule has 0 fully saturated rings. The van der Waals surface area contributed by atoms with E-state index in [4.69, 9.17) is 0 Å². The van der Waals surface area contributed by atoms with Crippen LogP contribution in [0.4, 0.5) is 0 Å². The zero-order valence-corrected chi connectivity index (χ0v) is 11.0. The second-order valence-corrected chi connectivity index (χ2v) is 4.55. The van der Waals surface area contributed by atoms with E-state index < -0.39 is 5.97 Å². The van der Waals surface area contributed by atoms with Gasteiger partial charge in [-0.2, -0.15) is 0 Å². The molecule has 3 rings (SSSR count). The highest BCUT2D eigenvalue weighted by Gasteiger charge is 2.04. The number of fused-ring (bicyclic) bond motifs is 3. The molecule has 20 heavy (non-hydrogen) atoms. The Balaban J connectivity index is 2.24. The number of carbonyl (C=O) groups excluding carboxylic acids is 1. The van der Waals surface area contributed by atoms with E-state index in [2.05, 4.69) is 28.2 Å². The molecule has 0 aliphatic heterocycles. The fourth-order valence-corrected chi connectivity index (χ4v) is 2.35. The molecule has 0 bridgehead atoms. The van der Waals surface area contributed by atoms with E-state index >= 15 is 0 Å². The largest absolute Gasteiger partial charge is 0.331 e. The fraction of sp³-hybridized carbons (Fsp3) is 0.0588. The number of nitrogens with zero attached hydrogens (tertiary/aromatic N) is 1. The lowest BCUT2D eigenvalue weighted by atomic mass is 9.98. The number of hydrogen-bond donors (Lipinski definition) is 0. The Hall–Kier alpha value is -2.68. The van der Waals surface area contributed by atoms with Crippen LogP contribution in [-0.2, 0) is 9.63 Å². The number of carbonyl (C=O) groups is 1. The zero-order chi connectivity index (χ0) is 13.9. The summed E-state index contributed by atoms with van der Waals surface area (Å²) in [6.45, 7) is 1.33. The SMILES string of the molecule is CC(=O)O/N=C/c1cc2ccccc2c2ccccc12. The monoisotopic (exact) mass is 263 g/mol. The minimum absolute atomic E-state index is 0.425. The predicted molar refractivity (Wildman–Crippen MR) is 80.8 cm³/mol. The van der Waals surface area contributed by atoms with Crippen molar-refractivity contribution in [3.63, 3.8) is 0 Å². The summed E-state index contributed by atoms with van der Waals surface area (Å²) < 4.78 is 0. The molecule has 0 N–H and O–H groups in total. The molecule has 0 aliphatic carbocycles. The number of hydrogen-bond acceptors (Lipinski definition) is 3. The van der Waals surface area contributed by atoms with Crippen LogP contribution in [0.5, 0.6) is 0 Å². The van der Waals surface area contributed by atoms with E-state index in [9.17, 15) is 4.79 Å². The van der Waals surface area contributed by atoms with Crippen molar-refractivity contribution in [3.05, 3.63) is 60.2 Å². The maximum atomic E-state index is 10.8. The Morgan fingerprint density at radius 1 is 1.00 bits per heavy atom. The van der Waals surface area contributed by atoms with Crippen molar-refractivity contribution in [1.82, 2.24) is 0 Å². The van der Waals surface area contributed by atoms with Gasteiger partial charge < -0.3 is 4.84 Å². The van der Waals surface area contributed by atoms with Crippen molar-refractivity contribution < 1.29 is 9.63 Å². The first-order chi connectivity index (χ1) is 9.75. The van der Waals surface area contributed by atoms with Gasteiger partial charge in [0, 0.05) is 12.5 Å². The number of oxime groups is 1. The summed E-state index contributed by atoms with van der Waals surface area (Å²) in [6, 6.07) is 18.4. The Labute approximate surface area is 116 Å². The van der Waals surface area contributed by atoms with Gasteiger partial charge in [-0.05, 0) is 27.6 Å². The summed E-state index contributed by atoms with van der Waals surface area (Å²) in [7, 11) is 0. The second kappa shape index (κ2) is 5.13. The van der Waals surface area contributed by atoms with Gasteiger partial charge in [0.1, 0.15) is 0 Å². The minimum Gasteiger partial charge on any atom is -0.319 e. The Bertz CT molecular complexity index is 821. The van der Waals surface area contributed by atoms with E-state index in [1.54, 1.807) is 6.21 Å².